The van der Waals surface area contributed by atoms with Crippen molar-refractivity contribution in [3.05, 3.63) is 35.2 Å². The molecule has 1 aromatic carbocycles. The Labute approximate surface area is 124 Å². The predicted molar refractivity (Wildman–Crippen MR) is 85.1 cm³/mol. The van der Waals surface area contributed by atoms with Gasteiger partial charge in [0, 0.05) is 16.9 Å². The third-order valence-corrected chi connectivity index (χ3v) is 4.18. The van der Waals surface area contributed by atoms with Gasteiger partial charge in [0.2, 0.25) is 5.91 Å². The van der Waals surface area contributed by atoms with Crippen LogP contribution in [0.4, 0.5) is 5.13 Å². The van der Waals surface area contributed by atoms with Crippen molar-refractivity contribution in [3.63, 3.8) is 0 Å². The highest BCUT2D eigenvalue weighted by molar-refractivity contribution is 7.16. The normalized spacial score (nSPS) is 10.5. The fraction of sp³-hybridized carbons (Fsp3) is 0.375. The van der Waals surface area contributed by atoms with E-state index in [9.17, 15) is 4.79 Å². The lowest BCUT2D eigenvalue weighted by Crippen LogP contribution is -2.10. The van der Waals surface area contributed by atoms with Crippen molar-refractivity contribution in [1.29, 1.82) is 0 Å². The second-order valence-corrected chi connectivity index (χ2v) is 5.75. The minimum absolute atomic E-state index is 0.0582. The monoisotopic (exact) mass is 288 g/mol. The van der Waals surface area contributed by atoms with Gasteiger partial charge in [0.1, 0.15) is 0 Å². The summed E-state index contributed by atoms with van der Waals surface area (Å²) in [6, 6.07) is 10.1. The van der Waals surface area contributed by atoms with E-state index in [-0.39, 0.29) is 5.91 Å². The van der Waals surface area contributed by atoms with Gasteiger partial charge in [-0.15, -0.1) is 11.3 Å². The van der Waals surface area contributed by atoms with Crippen LogP contribution in [0.5, 0.6) is 0 Å². The van der Waals surface area contributed by atoms with E-state index in [1.807, 2.05) is 18.2 Å². The summed E-state index contributed by atoms with van der Waals surface area (Å²) in [5, 5.41) is 3.62. The van der Waals surface area contributed by atoms with E-state index in [1.54, 1.807) is 11.3 Å². The highest BCUT2D eigenvalue weighted by Gasteiger charge is 2.13. The fourth-order valence-electron chi connectivity index (χ4n) is 1.99. The Hall–Kier alpha value is -1.68. The topological polar surface area (TPSA) is 42.0 Å². The highest BCUT2D eigenvalue weighted by Crippen LogP contribution is 2.31. The second kappa shape index (κ2) is 7.20. The molecule has 0 bridgehead atoms. The Bertz CT molecular complexity index is 563. The average Bonchev–Trinajstić information content (AvgIpc) is 2.89. The number of aromatic nitrogens is 1. The van der Waals surface area contributed by atoms with Crippen LogP contribution in [0.15, 0.2) is 30.3 Å². The maximum Gasteiger partial charge on any atom is 0.226 e. The first kappa shape index (κ1) is 14.7. The molecular formula is C16H20N2OS. The van der Waals surface area contributed by atoms with E-state index < -0.39 is 0 Å². The lowest BCUT2D eigenvalue weighted by atomic mass is 10.1. The summed E-state index contributed by atoms with van der Waals surface area (Å²) < 4.78 is 0. The molecule has 0 aliphatic heterocycles. The maximum atomic E-state index is 11.8. The van der Waals surface area contributed by atoms with E-state index >= 15 is 0 Å². The first-order chi connectivity index (χ1) is 9.74. The van der Waals surface area contributed by atoms with Crippen LogP contribution in [0.3, 0.4) is 0 Å². The predicted octanol–water partition coefficient (Wildman–Crippen LogP) is 4.50. The van der Waals surface area contributed by atoms with Crippen molar-refractivity contribution in [2.75, 3.05) is 5.32 Å². The number of hydrogen-bond donors (Lipinski definition) is 1. The smallest absolute Gasteiger partial charge is 0.226 e. The van der Waals surface area contributed by atoms with Gasteiger partial charge in [-0.1, -0.05) is 50.6 Å². The molecule has 1 aromatic heterocycles. The van der Waals surface area contributed by atoms with Gasteiger partial charge in [0.05, 0.1) is 5.69 Å². The van der Waals surface area contributed by atoms with Crippen molar-refractivity contribution in [1.82, 2.24) is 4.98 Å². The molecule has 1 amide bonds. The number of rotatable bonds is 6. The van der Waals surface area contributed by atoms with Gasteiger partial charge >= 0.3 is 0 Å². The molecule has 0 saturated carbocycles. The number of amides is 1. The summed E-state index contributed by atoms with van der Waals surface area (Å²) >= 11 is 1.57. The molecule has 20 heavy (non-hydrogen) atoms. The van der Waals surface area contributed by atoms with Gasteiger partial charge < -0.3 is 5.32 Å². The van der Waals surface area contributed by atoms with Crippen molar-refractivity contribution in [2.24, 2.45) is 0 Å². The van der Waals surface area contributed by atoms with Crippen molar-refractivity contribution < 1.29 is 4.79 Å². The number of anilines is 1. The highest BCUT2D eigenvalue weighted by atomic mass is 32.1. The molecule has 2 rings (SSSR count). The van der Waals surface area contributed by atoms with Crippen LogP contribution in [0, 0.1) is 0 Å². The molecule has 3 nitrogen and oxygen atoms in total. The molecular weight excluding hydrogens is 268 g/mol. The minimum atomic E-state index is 0.0582. The molecule has 4 heteroatoms. The zero-order valence-corrected chi connectivity index (χ0v) is 12.8. The summed E-state index contributed by atoms with van der Waals surface area (Å²) in [6.07, 6.45) is 3.44. The van der Waals surface area contributed by atoms with E-state index in [0.717, 1.165) is 30.5 Å². The third-order valence-electron chi connectivity index (χ3n) is 3.07. The van der Waals surface area contributed by atoms with E-state index in [2.05, 4.69) is 36.3 Å². The first-order valence-electron chi connectivity index (χ1n) is 7.09. The SMILES string of the molecule is CCCCC(=O)Nc1nc(-c2ccccc2)c(CC)s1. The molecule has 106 valence electrons. The standard InChI is InChI=1S/C16H20N2OS/c1-3-5-11-14(19)17-16-18-15(13(4-2)20-16)12-9-7-6-8-10-12/h6-10H,3-5,11H2,1-2H3,(H,17,18,19). The van der Waals surface area contributed by atoms with Crippen LogP contribution in [0.1, 0.15) is 38.0 Å². The second-order valence-electron chi connectivity index (χ2n) is 4.66. The lowest BCUT2D eigenvalue weighted by Gasteiger charge is -2.00. The third kappa shape index (κ3) is 3.67. The molecule has 0 aliphatic rings. The van der Waals surface area contributed by atoms with Crippen molar-refractivity contribution in [3.8, 4) is 11.3 Å². The molecule has 0 atom stereocenters. The molecule has 0 fully saturated rings. The van der Waals surface area contributed by atoms with Crippen LogP contribution in [0.25, 0.3) is 11.3 Å². The number of nitrogens with zero attached hydrogens (tertiary/aromatic N) is 1. The molecule has 0 spiro atoms. The van der Waals surface area contributed by atoms with Crippen LogP contribution in [-0.2, 0) is 11.2 Å². The maximum absolute atomic E-state index is 11.8. The zero-order valence-electron chi connectivity index (χ0n) is 12.0. The molecule has 2 aromatic rings. The molecule has 1 heterocycles. The number of carbonyl (C=O) groups is 1. The summed E-state index contributed by atoms with van der Waals surface area (Å²) in [5.41, 5.74) is 2.10. The quantitative estimate of drug-likeness (QED) is 0.850. The van der Waals surface area contributed by atoms with E-state index in [0.29, 0.717) is 11.6 Å². The van der Waals surface area contributed by atoms with Crippen LogP contribution in [0.2, 0.25) is 0 Å². The van der Waals surface area contributed by atoms with Crippen LogP contribution in [-0.4, -0.2) is 10.9 Å². The fourth-order valence-corrected chi connectivity index (χ4v) is 2.93. The number of nitrogens with one attached hydrogen (secondary N) is 1. The number of carbonyl (C=O) groups excluding carboxylic acids is 1. The summed E-state index contributed by atoms with van der Waals surface area (Å²) in [7, 11) is 0. The van der Waals surface area contributed by atoms with Crippen LogP contribution >= 0.6 is 11.3 Å². The van der Waals surface area contributed by atoms with Gasteiger partial charge in [0.15, 0.2) is 5.13 Å². The first-order valence-corrected chi connectivity index (χ1v) is 7.91. The Morgan fingerprint density at radius 3 is 2.65 bits per heavy atom. The number of aryl methyl sites for hydroxylation is 1. The van der Waals surface area contributed by atoms with Gasteiger partial charge in [0.25, 0.3) is 0 Å². The zero-order chi connectivity index (χ0) is 14.4. The average molecular weight is 288 g/mol. The van der Waals surface area contributed by atoms with E-state index in [4.69, 9.17) is 0 Å². The summed E-state index contributed by atoms with van der Waals surface area (Å²) in [5.74, 6) is 0.0582. The Balaban J connectivity index is 2.17. The van der Waals surface area contributed by atoms with Crippen molar-refractivity contribution >= 4 is 22.4 Å². The van der Waals surface area contributed by atoms with Gasteiger partial charge in [-0.25, -0.2) is 4.98 Å². The Kier molecular flexibility index (Phi) is 5.30. The van der Waals surface area contributed by atoms with Gasteiger partial charge in [-0.05, 0) is 12.8 Å². The Morgan fingerprint density at radius 1 is 1.25 bits per heavy atom. The van der Waals surface area contributed by atoms with Crippen LogP contribution < -0.4 is 5.32 Å². The molecule has 0 saturated heterocycles. The molecule has 0 radical (unpaired) electrons. The largest absolute Gasteiger partial charge is 0.302 e. The number of unbranched alkanes of at least 4 members (excludes halogenated alkanes) is 1. The number of hydrogen-bond acceptors (Lipinski definition) is 3. The van der Waals surface area contributed by atoms with E-state index in [1.165, 1.54) is 4.88 Å². The number of thiazole rings is 1. The van der Waals surface area contributed by atoms with Gasteiger partial charge in [-0.3, -0.25) is 4.79 Å². The van der Waals surface area contributed by atoms with Crippen molar-refractivity contribution in [2.45, 2.75) is 39.5 Å². The number of benzene rings is 1. The molecule has 0 aliphatic carbocycles. The minimum Gasteiger partial charge on any atom is -0.302 e. The molecule has 0 unspecified atom stereocenters. The van der Waals surface area contributed by atoms with Gasteiger partial charge in [-0.2, -0.15) is 0 Å². The lowest BCUT2D eigenvalue weighted by molar-refractivity contribution is -0.116. The summed E-state index contributed by atoms with van der Waals surface area (Å²) in [4.78, 5) is 17.6. The molecule has 1 N–H and O–H groups in total. The summed E-state index contributed by atoms with van der Waals surface area (Å²) in [6.45, 7) is 4.20. The Morgan fingerprint density at radius 2 is 2.00 bits per heavy atom.